The lowest BCUT2D eigenvalue weighted by Crippen LogP contribution is -2.35. The predicted molar refractivity (Wildman–Crippen MR) is 30.8 cm³/mol. The van der Waals surface area contributed by atoms with E-state index < -0.39 is 37.8 Å². The number of esters is 1. The minimum absolute atomic E-state index is 0.735. The van der Waals surface area contributed by atoms with E-state index in [0.29, 0.717) is 0 Å². The van der Waals surface area contributed by atoms with Gasteiger partial charge in [0.15, 0.2) is 0 Å². The summed E-state index contributed by atoms with van der Waals surface area (Å²) in [7, 11) is 0. The van der Waals surface area contributed by atoms with Crippen molar-refractivity contribution in [3.8, 4) is 0 Å². The predicted octanol–water partition coefficient (Wildman–Crippen LogP) is 0.0744. The van der Waals surface area contributed by atoms with Gasteiger partial charge in [-0.15, -0.1) is 0 Å². The molecule has 0 unspecified atom stereocenters. The molecular formula is C6H10O3. The Kier molecular flexibility index (Phi) is 0.570. The van der Waals surface area contributed by atoms with E-state index in [1.807, 2.05) is 0 Å². The van der Waals surface area contributed by atoms with Crippen molar-refractivity contribution in [2.75, 3.05) is 6.61 Å². The number of hydrogen-bond acceptors (Lipinski definition) is 3. The van der Waals surface area contributed by atoms with Crippen LogP contribution in [0.25, 0.3) is 0 Å². The molecule has 0 amide bonds. The van der Waals surface area contributed by atoms with Crippen LogP contribution in [0, 0.1) is 0 Å². The number of cyclic esters (lactones) is 1. The van der Waals surface area contributed by atoms with E-state index in [9.17, 15) is 9.90 Å². The molecule has 1 aliphatic heterocycles. The summed E-state index contributed by atoms with van der Waals surface area (Å²) in [6, 6.07) is 0. The zero-order chi connectivity index (χ0) is 11.2. The van der Waals surface area contributed by atoms with Gasteiger partial charge in [-0.2, -0.15) is 0 Å². The average Bonchev–Trinajstić information content (AvgIpc) is 1.96. The first-order valence-electron chi connectivity index (χ1n) is 4.98. The van der Waals surface area contributed by atoms with E-state index in [1.165, 1.54) is 0 Å². The molecule has 0 spiro atoms. The summed E-state index contributed by atoms with van der Waals surface area (Å²) in [6.07, 6.45) is -3.30. The first-order valence-corrected chi connectivity index (χ1v) is 2.48. The van der Waals surface area contributed by atoms with Gasteiger partial charge in [-0.1, -0.05) is 0 Å². The first-order chi connectivity index (χ1) is 6.10. The van der Waals surface area contributed by atoms with Crippen molar-refractivity contribution in [1.82, 2.24) is 0 Å². The normalized spacial score (nSPS) is 51.2. The molecule has 0 aromatic rings. The summed E-state index contributed by atoms with van der Waals surface area (Å²) in [4.78, 5) is 10.8. The van der Waals surface area contributed by atoms with Crippen LogP contribution in [0.5, 0.6) is 0 Å². The monoisotopic (exact) mass is 135 g/mol. The van der Waals surface area contributed by atoms with Crippen molar-refractivity contribution in [3.63, 3.8) is 0 Å². The molecule has 1 aliphatic rings. The summed E-state index contributed by atoms with van der Waals surface area (Å²) in [5.41, 5.74) is -2.66. The molecule has 1 atom stereocenters. The summed E-state index contributed by atoms with van der Waals surface area (Å²) < 4.78 is 40.0. The number of carbonyl (C=O) groups is 1. The SMILES string of the molecule is [2H]C([2H])([2H])[C@@]1(O)CC(=O)OCC1([2H])[2H]. The third-order valence-corrected chi connectivity index (χ3v) is 0.998. The number of ether oxygens (including phenoxy) is 1. The van der Waals surface area contributed by atoms with E-state index in [-0.39, 0.29) is 0 Å². The van der Waals surface area contributed by atoms with Gasteiger partial charge in [0.1, 0.15) is 0 Å². The molecule has 1 N–H and O–H groups in total. The fraction of sp³-hybridized carbons (Fsp3) is 0.833. The second-order valence-corrected chi connectivity index (χ2v) is 1.87. The Hall–Kier alpha value is -0.570. The summed E-state index contributed by atoms with van der Waals surface area (Å²) in [6.45, 7) is -3.68. The van der Waals surface area contributed by atoms with Crippen molar-refractivity contribution >= 4 is 5.97 Å². The van der Waals surface area contributed by atoms with E-state index in [0.717, 1.165) is 0 Å². The van der Waals surface area contributed by atoms with Crippen molar-refractivity contribution in [2.24, 2.45) is 0 Å². The molecule has 0 aliphatic carbocycles. The van der Waals surface area contributed by atoms with Crippen LogP contribution in [-0.4, -0.2) is 23.3 Å². The van der Waals surface area contributed by atoms with Crippen molar-refractivity contribution in [3.05, 3.63) is 0 Å². The summed E-state index contributed by atoms with van der Waals surface area (Å²) in [5, 5.41) is 9.67. The Morgan fingerprint density at radius 2 is 2.89 bits per heavy atom. The minimum Gasteiger partial charge on any atom is -0.465 e. The zero-order valence-corrected chi connectivity index (χ0v) is 4.68. The quantitative estimate of drug-likeness (QED) is 0.478. The zero-order valence-electron chi connectivity index (χ0n) is 9.68. The standard InChI is InChI=1S/C6H10O3/c1-6(8)2-3-9-5(7)4-6/h8H,2-4H2,1H3/t6-/m0/s1/i1D3,2D2. The van der Waals surface area contributed by atoms with Gasteiger partial charge in [0.25, 0.3) is 0 Å². The first kappa shape index (κ1) is 2.58. The van der Waals surface area contributed by atoms with Crippen LogP contribution in [0.1, 0.15) is 26.5 Å². The highest BCUT2D eigenvalue weighted by Gasteiger charge is 2.29. The van der Waals surface area contributed by atoms with Crippen molar-refractivity contribution in [2.45, 2.75) is 25.2 Å². The molecule has 1 heterocycles. The van der Waals surface area contributed by atoms with Crippen LogP contribution >= 0.6 is 0 Å². The van der Waals surface area contributed by atoms with Crippen molar-refractivity contribution < 1.29 is 21.5 Å². The number of rotatable bonds is 0. The fourth-order valence-corrected chi connectivity index (χ4v) is 0.558. The van der Waals surface area contributed by atoms with Crippen LogP contribution in [0.3, 0.4) is 0 Å². The van der Waals surface area contributed by atoms with Gasteiger partial charge >= 0.3 is 5.97 Å². The summed E-state index contributed by atoms with van der Waals surface area (Å²) >= 11 is 0. The van der Waals surface area contributed by atoms with Crippen molar-refractivity contribution in [1.29, 1.82) is 0 Å². The third-order valence-electron chi connectivity index (χ3n) is 0.998. The maximum absolute atomic E-state index is 10.8. The number of aliphatic hydroxyl groups is 1. The Balaban J connectivity index is 3.08. The maximum Gasteiger partial charge on any atom is 0.308 e. The molecule has 0 saturated carbocycles. The molecule has 1 fully saturated rings. The van der Waals surface area contributed by atoms with Gasteiger partial charge in [-0.25, -0.2) is 0 Å². The van der Waals surface area contributed by atoms with Crippen LogP contribution in [-0.2, 0) is 9.53 Å². The molecule has 0 bridgehead atoms. The smallest absolute Gasteiger partial charge is 0.308 e. The molecule has 9 heavy (non-hydrogen) atoms. The van der Waals surface area contributed by atoms with Crippen LogP contribution in [0.2, 0.25) is 0 Å². The van der Waals surface area contributed by atoms with Gasteiger partial charge in [0.05, 0.1) is 18.6 Å². The second kappa shape index (κ2) is 1.99. The topological polar surface area (TPSA) is 46.5 Å². The van der Waals surface area contributed by atoms with E-state index >= 15 is 0 Å². The summed E-state index contributed by atoms with van der Waals surface area (Å²) in [5.74, 6) is -0.904. The lowest BCUT2D eigenvalue weighted by atomic mass is 9.97. The molecule has 52 valence electrons. The Bertz CT molecular complexity index is 261. The molecular weight excluding hydrogens is 120 g/mol. The average molecular weight is 135 g/mol. The highest BCUT2D eigenvalue weighted by molar-refractivity contribution is 5.71. The van der Waals surface area contributed by atoms with E-state index in [4.69, 9.17) is 6.85 Å². The Labute approximate surface area is 60.7 Å². The van der Waals surface area contributed by atoms with Gasteiger partial charge in [-0.3, -0.25) is 4.79 Å². The largest absolute Gasteiger partial charge is 0.465 e. The maximum atomic E-state index is 10.8. The molecule has 1 rings (SSSR count). The fourth-order valence-electron chi connectivity index (χ4n) is 0.558. The number of hydrogen-bond donors (Lipinski definition) is 1. The van der Waals surface area contributed by atoms with Gasteiger partial charge in [0, 0.05) is 13.2 Å². The molecule has 3 heteroatoms. The molecule has 0 radical (unpaired) electrons. The molecule has 3 nitrogen and oxygen atoms in total. The molecule has 1 saturated heterocycles. The van der Waals surface area contributed by atoms with Crippen LogP contribution in [0.15, 0.2) is 0 Å². The lowest BCUT2D eigenvalue weighted by molar-refractivity contribution is -0.157. The third kappa shape index (κ3) is 1.68. The minimum atomic E-state index is -2.95. The Morgan fingerprint density at radius 3 is 3.44 bits per heavy atom. The van der Waals surface area contributed by atoms with Gasteiger partial charge in [-0.05, 0) is 6.85 Å². The van der Waals surface area contributed by atoms with E-state index in [1.54, 1.807) is 0 Å². The lowest BCUT2D eigenvalue weighted by Gasteiger charge is -2.26. The Morgan fingerprint density at radius 1 is 2.11 bits per heavy atom. The van der Waals surface area contributed by atoms with Crippen LogP contribution in [0.4, 0.5) is 0 Å². The molecule has 0 aromatic carbocycles. The van der Waals surface area contributed by atoms with Gasteiger partial charge < -0.3 is 9.84 Å². The highest BCUT2D eigenvalue weighted by atomic mass is 16.5. The van der Waals surface area contributed by atoms with Crippen LogP contribution < -0.4 is 0 Å². The highest BCUT2D eigenvalue weighted by Crippen LogP contribution is 2.19. The second-order valence-electron chi connectivity index (χ2n) is 1.87. The van der Waals surface area contributed by atoms with Gasteiger partial charge in [0.2, 0.25) is 0 Å². The number of carbonyl (C=O) groups excluding carboxylic acids is 1. The van der Waals surface area contributed by atoms with E-state index in [2.05, 4.69) is 4.74 Å². The molecule has 0 aromatic heterocycles.